The van der Waals surface area contributed by atoms with Gasteiger partial charge >= 0.3 is 0 Å². The number of aliphatic hydroxyl groups is 1. The van der Waals surface area contributed by atoms with Gasteiger partial charge in [-0.15, -0.1) is 0 Å². The second-order valence-corrected chi connectivity index (χ2v) is 4.38. The molecule has 19 heavy (non-hydrogen) atoms. The van der Waals surface area contributed by atoms with E-state index in [-0.39, 0.29) is 5.82 Å². The highest BCUT2D eigenvalue weighted by Crippen LogP contribution is 2.30. The van der Waals surface area contributed by atoms with Crippen molar-refractivity contribution < 1.29 is 14.2 Å². The summed E-state index contributed by atoms with van der Waals surface area (Å²) in [4.78, 5) is 0. The quantitative estimate of drug-likeness (QED) is 0.912. The maximum atomic E-state index is 13.3. The van der Waals surface area contributed by atoms with Gasteiger partial charge in [0.15, 0.2) is 0 Å². The standard InChI is InChI=1S/C16H17FO2/c1-3-11-4-6-12(7-5-11)16(18)14-10-13(17)8-9-15(14)19-2/h4-10,16,18H,3H2,1-2H3. The lowest BCUT2D eigenvalue weighted by Gasteiger charge is -2.15. The number of benzene rings is 2. The molecule has 0 amide bonds. The number of methoxy groups -OCH3 is 1. The Balaban J connectivity index is 2.36. The maximum Gasteiger partial charge on any atom is 0.125 e. The van der Waals surface area contributed by atoms with Crippen LogP contribution in [0.5, 0.6) is 5.75 Å². The lowest BCUT2D eigenvalue weighted by Crippen LogP contribution is -2.03. The number of rotatable bonds is 4. The van der Waals surface area contributed by atoms with Gasteiger partial charge in [0.2, 0.25) is 0 Å². The zero-order valence-corrected chi connectivity index (χ0v) is 11.1. The average molecular weight is 260 g/mol. The Hall–Kier alpha value is -1.87. The topological polar surface area (TPSA) is 29.5 Å². The molecule has 0 bridgehead atoms. The fourth-order valence-electron chi connectivity index (χ4n) is 2.03. The van der Waals surface area contributed by atoms with E-state index in [0.29, 0.717) is 11.3 Å². The number of aryl methyl sites for hydroxylation is 1. The van der Waals surface area contributed by atoms with Crippen LogP contribution in [0.25, 0.3) is 0 Å². The fraction of sp³-hybridized carbons (Fsp3) is 0.250. The number of hydrogen-bond donors (Lipinski definition) is 1. The first-order chi connectivity index (χ1) is 9.15. The highest BCUT2D eigenvalue weighted by atomic mass is 19.1. The summed E-state index contributed by atoms with van der Waals surface area (Å²) >= 11 is 0. The molecule has 2 nitrogen and oxygen atoms in total. The number of aliphatic hydroxyl groups excluding tert-OH is 1. The van der Waals surface area contributed by atoms with Crippen molar-refractivity contribution in [1.82, 2.24) is 0 Å². The first-order valence-electron chi connectivity index (χ1n) is 6.26. The summed E-state index contributed by atoms with van der Waals surface area (Å²) in [6.07, 6.45) is 0.0520. The Labute approximate surface area is 112 Å². The molecule has 0 aliphatic heterocycles. The Bertz CT molecular complexity index is 549. The van der Waals surface area contributed by atoms with Crippen LogP contribution in [0.1, 0.15) is 29.7 Å². The Morgan fingerprint density at radius 3 is 2.42 bits per heavy atom. The molecule has 0 aliphatic rings. The van der Waals surface area contributed by atoms with Crippen LogP contribution < -0.4 is 4.74 Å². The van der Waals surface area contributed by atoms with Crippen molar-refractivity contribution in [2.75, 3.05) is 7.11 Å². The Morgan fingerprint density at radius 1 is 1.16 bits per heavy atom. The van der Waals surface area contributed by atoms with E-state index in [0.717, 1.165) is 12.0 Å². The lowest BCUT2D eigenvalue weighted by atomic mass is 9.99. The van der Waals surface area contributed by atoms with Gasteiger partial charge in [0.05, 0.1) is 7.11 Å². The second-order valence-electron chi connectivity index (χ2n) is 4.38. The molecular formula is C16H17FO2. The average Bonchev–Trinajstić information content (AvgIpc) is 2.46. The third-order valence-electron chi connectivity index (χ3n) is 3.19. The van der Waals surface area contributed by atoms with E-state index in [9.17, 15) is 9.50 Å². The van der Waals surface area contributed by atoms with Crippen LogP contribution >= 0.6 is 0 Å². The van der Waals surface area contributed by atoms with Gasteiger partial charge in [-0.2, -0.15) is 0 Å². The number of ether oxygens (including phenoxy) is 1. The van der Waals surface area contributed by atoms with Crippen LogP contribution in [0, 0.1) is 5.82 Å². The van der Waals surface area contributed by atoms with E-state index >= 15 is 0 Å². The molecule has 2 rings (SSSR count). The molecule has 0 spiro atoms. The lowest BCUT2D eigenvalue weighted by molar-refractivity contribution is 0.214. The van der Waals surface area contributed by atoms with Crippen LogP contribution in [0.4, 0.5) is 4.39 Å². The van der Waals surface area contributed by atoms with E-state index in [1.165, 1.54) is 30.9 Å². The van der Waals surface area contributed by atoms with Gasteiger partial charge < -0.3 is 9.84 Å². The van der Waals surface area contributed by atoms with Crippen LogP contribution in [-0.4, -0.2) is 12.2 Å². The van der Waals surface area contributed by atoms with Gasteiger partial charge in [0.1, 0.15) is 17.7 Å². The largest absolute Gasteiger partial charge is 0.496 e. The molecule has 0 saturated heterocycles. The number of hydrogen-bond acceptors (Lipinski definition) is 2. The minimum atomic E-state index is -0.892. The monoisotopic (exact) mass is 260 g/mol. The summed E-state index contributed by atoms with van der Waals surface area (Å²) in [5.74, 6) is 0.0912. The molecule has 2 aromatic rings. The Morgan fingerprint density at radius 2 is 1.84 bits per heavy atom. The van der Waals surface area contributed by atoms with E-state index in [2.05, 4.69) is 6.92 Å². The van der Waals surface area contributed by atoms with Crippen molar-refractivity contribution in [1.29, 1.82) is 0 Å². The van der Waals surface area contributed by atoms with Gasteiger partial charge in [0.25, 0.3) is 0 Å². The third-order valence-corrected chi connectivity index (χ3v) is 3.19. The predicted octanol–water partition coefficient (Wildman–Crippen LogP) is 3.48. The summed E-state index contributed by atoms with van der Waals surface area (Å²) in [5, 5.41) is 10.3. The zero-order valence-electron chi connectivity index (χ0n) is 11.1. The summed E-state index contributed by atoms with van der Waals surface area (Å²) in [5.41, 5.74) is 2.36. The molecule has 1 unspecified atom stereocenters. The molecule has 0 radical (unpaired) electrons. The molecule has 2 aromatic carbocycles. The van der Waals surface area contributed by atoms with Crippen molar-refractivity contribution >= 4 is 0 Å². The highest BCUT2D eigenvalue weighted by Gasteiger charge is 2.16. The minimum Gasteiger partial charge on any atom is -0.496 e. The van der Waals surface area contributed by atoms with Gasteiger partial charge in [-0.05, 0) is 35.7 Å². The minimum absolute atomic E-state index is 0.389. The highest BCUT2D eigenvalue weighted by molar-refractivity contribution is 5.41. The van der Waals surface area contributed by atoms with E-state index < -0.39 is 6.10 Å². The fourth-order valence-corrected chi connectivity index (χ4v) is 2.03. The van der Waals surface area contributed by atoms with Crippen molar-refractivity contribution in [2.24, 2.45) is 0 Å². The molecule has 3 heteroatoms. The zero-order chi connectivity index (χ0) is 13.8. The smallest absolute Gasteiger partial charge is 0.125 e. The molecule has 1 atom stereocenters. The summed E-state index contributed by atoms with van der Waals surface area (Å²) in [6, 6.07) is 11.8. The van der Waals surface area contributed by atoms with Crippen LogP contribution in [0.3, 0.4) is 0 Å². The molecule has 0 saturated carbocycles. The second kappa shape index (κ2) is 5.85. The first kappa shape index (κ1) is 13.6. The Kier molecular flexibility index (Phi) is 4.17. The van der Waals surface area contributed by atoms with E-state index in [4.69, 9.17) is 4.74 Å². The molecule has 0 fully saturated rings. The molecular weight excluding hydrogens is 243 g/mol. The molecule has 0 aromatic heterocycles. The van der Waals surface area contributed by atoms with Gasteiger partial charge in [-0.1, -0.05) is 31.2 Å². The van der Waals surface area contributed by atoms with Crippen molar-refractivity contribution in [3.8, 4) is 5.75 Å². The molecule has 0 heterocycles. The maximum absolute atomic E-state index is 13.3. The van der Waals surface area contributed by atoms with E-state index in [1.807, 2.05) is 24.3 Å². The summed E-state index contributed by atoms with van der Waals surface area (Å²) < 4.78 is 18.5. The van der Waals surface area contributed by atoms with Gasteiger partial charge in [-0.3, -0.25) is 0 Å². The molecule has 0 aliphatic carbocycles. The first-order valence-corrected chi connectivity index (χ1v) is 6.26. The summed E-state index contributed by atoms with van der Waals surface area (Å²) in [6.45, 7) is 2.07. The molecule has 100 valence electrons. The van der Waals surface area contributed by atoms with Crippen molar-refractivity contribution in [3.05, 3.63) is 65.0 Å². The van der Waals surface area contributed by atoms with Gasteiger partial charge in [-0.25, -0.2) is 4.39 Å². The molecule has 1 N–H and O–H groups in total. The van der Waals surface area contributed by atoms with E-state index in [1.54, 1.807) is 0 Å². The van der Waals surface area contributed by atoms with Crippen molar-refractivity contribution in [3.63, 3.8) is 0 Å². The van der Waals surface area contributed by atoms with Crippen molar-refractivity contribution in [2.45, 2.75) is 19.4 Å². The third kappa shape index (κ3) is 2.93. The number of halogens is 1. The predicted molar refractivity (Wildman–Crippen MR) is 72.8 cm³/mol. The van der Waals surface area contributed by atoms with Crippen LogP contribution in [0.15, 0.2) is 42.5 Å². The SMILES string of the molecule is CCc1ccc(C(O)c2cc(F)ccc2OC)cc1. The van der Waals surface area contributed by atoms with Gasteiger partial charge in [0, 0.05) is 5.56 Å². The van der Waals surface area contributed by atoms with Crippen LogP contribution in [-0.2, 0) is 6.42 Å². The normalized spacial score (nSPS) is 12.2. The summed E-state index contributed by atoms with van der Waals surface area (Å²) in [7, 11) is 1.50. The van der Waals surface area contributed by atoms with Crippen LogP contribution in [0.2, 0.25) is 0 Å².